The summed E-state index contributed by atoms with van der Waals surface area (Å²) in [5.41, 5.74) is 2.86. The van der Waals surface area contributed by atoms with Gasteiger partial charge in [-0.1, -0.05) is 45.0 Å². The summed E-state index contributed by atoms with van der Waals surface area (Å²) in [5, 5.41) is 0. The van der Waals surface area contributed by atoms with E-state index < -0.39 is 0 Å². The van der Waals surface area contributed by atoms with Gasteiger partial charge in [-0.2, -0.15) is 0 Å². The van der Waals surface area contributed by atoms with Crippen LogP contribution in [-0.2, 0) is 0 Å². The van der Waals surface area contributed by atoms with E-state index in [1.807, 2.05) is 30.3 Å². The van der Waals surface area contributed by atoms with Crippen LogP contribution < -0.4 is 0 Å². The SMILES string of the molecule is CCC(C)(C)C1=Cc2ccccc2C1=O. The minimum atomic E-state index is -0.0178. The number of Topliss-reactive ketones (excluding diaryl/α,β-unsaturated/α-hetero) is 1. The van der Waals surface area contributed by atoms with Crippen molar-refractivity contribution in [2.45, 2.75) is 27.2 Å². The van der Waals surface area contributed by atoms with Gasteiger partial charge in [-0.3, -0.25) is 4.79 Å². The number of hydrogen-bond donors (Lipinski definition) is 0. The zero-order valence-corrected chi connectivity index (χ0v) is 9.50. The Balaban J connectivity index is 2.48. The quantitative estimate of drug-likeness (QED) is 0.711. The summed E-state index contributed by atoms with van der Waals surface area (Å²) in [5.74, 6) is 0.206. The van der Waals surface area contributed by atoms with Crippen molar-refractivity contribution in [2.75, 3.05) is 0 Å². The van der Waals surface area contributed by atoms with E-state index in [4.69, 9.17) is 0 Å². The molecule has 0 spiro atoms. The Kier molecular flexibility index (Phi) is 2.26. The summed E-state index contributed by atoms with van der Waals surface area (Å²) >= 11 is 0. The number of carbonyl (C=O) groups is 1. The highest BCUT2D eigenvalue weighted by Gasteiger charge is 2.32. The molecule has 0 aromatic heterocycles. The molecular formula is C14H16O. The number of hydrogen-bond acceptors (Lipinski definition) is 1. The highest BCUT2D eigenvalue weighted by molar-refractivity contribution is 6.18. The van der Waals surface area contributed by atoms with Crippen molar-refractivity contribution in [3.8, 4) is 0 Å². The molecule has 0 saturated heterocycles. The summed E-state index contributed by atoms with van der Waals surface area (Å²) in [6.07, 6.45) is 3.03. The first-order chi connectivity index (χ1) is 7.06. The first-order valence-electron chi connectivity index (χ1n) is 5.42. The van der Waals surface area contributed by atoms with Crippen LogP contribution in [0.4, 0.5) is 0 Å². The third-order valence-electron chi connectivity index (χ3n) is 3.36. The first-order valence-corrected chi connectivity index (χ1v) is 5.42. The van der Waals surface area contributed by atoms with E-state index in [1.54, 1.807) is 0 Å². The van der Waals surface area contributed by atoms with Crippen LogP contribution in [0.1, 0.15) is 43.1 Å². The molecule has 0 amide bonds. The maximum absolute atomic E-state index is 12.1. The van der Waals surface area contributed by atoms with Gasteiger partial charge in [-0.25, -0.2) is 0 Å². The smallest absolute Gasteiger partial charge is 0.190 e. The van der Waals surface area contributed by atoms with E-state index in [0.29, 0.717) is 0 Å². The van der Waals surface area contributed by atoms with Crippen LogP contribution in [0.25, 0.3) is 6.08 Å². The zero-order valence-electron chi connectivity index (χ0n) is 9.50. The Morgan fingerprint density at radius 2 is 1.87 bits per heavy atom. The molecule has 78 valence electrons. The van der Waals surface area contributed by atoms with Crippen LogP contribution in [0.5, 0.6) is 0 Å². The summed E-state index contributed by atoms with van der Waals surface area (Å²) in [4.78, 5) is 12.1. The number of ketones is 1. The molecule has 0 saturated carbocycles. The Bertz CT molecular complexity index is 438. The van der Waals surface area contributed by atoms with E-state index in [9.17, 15) is 4.79 Å². The third-order valence-corrected chi connectivity index (χ3v) is 3.36. The van der Waals surface area contributed by atoms with Crippen LogP contribution in [0.15, 0.2) is 29.8 Å². The van der Waals surface area contributed by atoms with E-state index >= 15 is 0 Å². The Morgan fingerprint density at radius 3 is 2.47 bits per heavy atom. The van der Waals surface area contributed by atoms with Gasteiger partial charge in [0.05, 0.1) is 0 Å². The minimum Gasteiger partial charge on any atom is -0.289 e. The van der Waals surface area contributed by atoms with Gasteiger partial charge in [0.25, 0.3) is 0 Å². The molecule has 0 bridgehead atoms. The first kappa shape index (κ1) is 10.2. The van der Waals surface area contributed by atoms with E-state index in [-0.39, 0.29) is 11.2 Å². The fraction of sp³-hybridized carbons (Fsp3) is 0.357. The van der Waals surface area contributed by atoms with Gasteiger partial charge in [0, 0.05) is 11.1 Å². The topological polar surface area (TPSA) is 17.1 Å². The van der Waals surface area contributed by atoms with Crippen LogP contribution in [0.2, 0.25) is 0 Å². The highest BCUT2D eigenvalue weighted by atomic mass is 16.1. The fourth-order valence-electron chi connectivity index (χ4n) is 1.89. The molecule has 1 aromatic rings. The van der Waals surface area contributed by atoms with Crippen LogP contribution in [0, 0.1) is 5.41 Å². The van der Waals surface area contributed by atoms with Gasteiger partial charge in [0.15, 0.2) is 5.78 Å². The molecule has 1 heteroatoms. The largest absolute Gasteiger partial charge is 0.289 e. The Hall–Kier alpha value is -1.37. The zero-order chi connectivity index (χ0) is 11.1. The molecule has 0 atom stereocenters. The summed E-state index contributed by atoms with van der Waals surface area (Å²) < 4.78 is 0. The molecular weight excluding hydrogens is 184 g/mol. The minimum absolute atomic E-state index is 0.0178. The number of fused-ring (bicyclic) bond motifs is 1. The molecule has 1 aliphatic carbocycles. The molecule has 1 aromatic carbocycles. The van der Waals surface area contributed by atoms with Gasteiger partial charge in [-0.15, -0.1) is 0 Å². The van der Waals surface area contributed by atoms with Crippen molar-refractivity contribution in [3.05, 3.63) is 41.0 Å². The molecule has 15 heavy (non-hydrogen) atoms. The highest BCUT2D eigenvalue weighted by Crippen LogP contribution is 2.38. The molecule has 0 aliphatic heterocycles. The van der Waals surface area contributed by atoms with Crippen molar-refractivity contribution in [2.24, 2.45) is 5.41 Å². The second-order valence-electron chi connectivity index (χ2n) is 4.71. The lowest BCUT2D eigenvalue weighted by Crippen LogP contribution is -2.18. The van der Waals surface area contributed by atoms with E-state index in [1.165, 1.54) is 0 Å². The lowest BCUT2D eigenvalue weighted by atomic mass is 9.80. The van der Waals surface area contributed by atoms with Gasteiger partial charge < -0.3 is 0 Å². The van der Waals surface area contributed by atoms with E-state index in [2.05, 4.69) is 20.8 Å². The molecule has 0 heterocycles. The van der Waals surface area contributed by atoms with Crippen molar-refractivity contribution in [3.63, 3.8) is 0 Å². The second-order valence-corrected chi connectivity index (χ2v) is 4.71. The molecule has 2 rings (SSSR count). The Labute approximate surface area is 90.8 Å². The van der Waals surface area contributed by atoms with Crippen molar-refractivity contribution in [1.82, 2.24) is 0 Å². The standard InChI is InChI=1S/C14H16O/c1-4-14(2,3)12-9-10-7-5-6-8-11(10)13(12)15/h5-9H,4H2,1-3H3. The van der Waals surface area contributed by atoms with E-state index in [0.717, 1.165) is 23.1 Å². The lowest BCUT2D eigenvalue weighted by Gasteiger charge is -2.23. The van der Waals surface area contributed by atoms with Crippen LogP contribution >= 0.6 is 0 Å². The number of benzene rings is 1. The number of carbonyl (C=O) groups excluding carboxylic acids is 1. The normalized spacial score (nSPS) is 15.1. The predicted octanol–water partition coefficient (Wildman–Crippen LogP) is 3.70. The average molecular weight is 200 g/mol. The number of allylic oxidation sites excluding steroid dienone is 1. The number of rotatable bonds is 2. The average Bonchev–Trinajstić information content (AvgIpc) is 2.58. The summed E-state index contributed by atoms with van der Waals surface area (Å²) in [7, 11) is 0. The van der Waals surface area contributed by atoms with Crippen LogP contribution in [0.3, 0.4) is 0 Å². The Morgan fingerprint density at radius 1 is 1.20 bits per heavy atom. The predicted molar refractivity (Wildman–Crippen MR) is 62.8 cm³/mol. The van der Waals surface area contributed by atoms with Gasteiger partial charge in [0.2, 0.25) is 0 Å². The maximum atomic E-state index is 12.1. The lowest BCUT2D eigenvalue weighted by molar-refractivity contribution is 0.101. The summed E-state index contributed by atoms with van der Waals surface area (Å²) in [6.45, 7) is 6.38. The maximum Gasteiger partial charge on any atom is 0.190 e. The molecule has 0 radical (unpaired) electrons. The van der Waals surface area contributed by atoms with Gasteiger partial charge >= 0.3 is 0 Å². The van der Waals surface area contributed by atoms with Crippen molar-refractivity contribution >= 4 is 11.9 Å². The van der Waals surface area contributed by atoms with Crippen molar-refractivity contribution in [1.29, 1.82) is 0 Å². The molecule has 0 N–H and O–H groups in total. The summed E-state index contributed by atoms with van der Waals surface area (Å²) in [6, 6.07) is 7.82. The monoisotopic (exact) mass is 200 g/mol. The molecule has 1 aliphatic rings. The fourth-order valence-corrected chi connectivity index (χ4v) is 1.89. The molecule has 0 unspecified atom stereocenters. The second kappa shape index (κ2) is 3.34. The van der Waals surface area contributed by atoms with Gasteiger partial charge in [0.1, 0.15) is 0 Å². The van der Waals surface area contributed by atoms with Crippen LogP contribution in [-0.4, -0.2) is 5.78 Å². The molecule has 1 nitrogen and oxygen atoms in total. The van der Waals surface area contributed by atoms with Gasteiger partial charge in [-0.05, 0) is 23.5 Å². The van der Waals surface area contributed by atoms with Crippen molar-refractivity contribution < 1.29 is 4.79 Å². The third kappa shape index (κ3) is 1.52. The molecule has 0 fully saturated rings.